The molecule has 1 atom stereocenters. The van der Waals surface area contributed by atoms with Crippen molar-refractivity contribution in [3.8, 4) is 0 Å². The van der Waals surface area contributed by atoms with Crippen molar-refractivity contribution in [3.63, 3.8) is 0 Å². The summed E-state index contributed by atoms with van der Waals surface area (Å²) in [7, 11) is -4.25. The van der Waals surface area contributed by atoms with E-state index in [4.69, 9.17) is 34.8 Å². The number of nitrogens with zero attached hydrogens (tertiary/aromatic N) is 2. The van der Waals surface area contributed by atoms with Crippen LogP contribution in [0, 0.1) is 0 Å². The molecule has 7 nitrogen and oxygen atoms in total. The number of hydrogen-bond acceptors (Lipinski definition) is 4. The number of amides is 2. The summed E-state index contributed by atoms with van der Waals surface area (Å²) in [4.78, 5) is 29.5. The van der Waals surface area contributed by atoms with Crippen molar-refractivity contribution in [2.75, 3.05) is 17.4 Å². The molecule has 2 amide bonds. The van der Waals surface area contributed by atoms with Crippen LogP contribution in [0.15, 0.2) is 108 Å². The summed E-state index contributed by atoms with van der Waals surface area (Å²) >= 11 is 19.0. The average Bonchev–Trinajstić information content (AvgIpc) is 3.03. The maximum Gasteiger partial charge on any atom is 0.264 e. The molecule has 1 N–H and O–H groups in total. The first kappa shape index (κ1) is 33.3. The molecule has 0 radical (unpaired) electrons. The number of carbonyl (C=O) groups is 2. The van der Waals surface area contributed by atoms with Crippen LogP contribution in [-0.2, 0) is 32.6 Å². The molecule has 1 unspecified atom stereocenters. The van der Waals surface area contributed by atoms with Gasteiger partial charge in [0.1, 0.15) is 12.6 Å². The number of rotatable bonds is 13. The van der Waals surface area contributed by atoms with E-state index >= 15 is 0 Å². The minimum atomic E-state index is -4.25. The Bertz CT molecular complexity index is 1690. The Labute approximate surface area is 273 Å². The summed E-state index contributed by atoms with van der Waals surface area (Å²) in [5.41, 5.74) is 1.58. The van der Waals surface area contributed by atoms with E-state index in [0.29, 0.717) is 23.6 Å². The molecule has 0 aromatic heterocycles. The number of para-hydroxylation sites is 1. The largest absolute Gasteiger partial charge is 0.354 e. The van der Waals surface area contributed by atoms with Crippen molar-refractivity contribution in [3.05, 3.63) is 129 Å². The lowest BCUT2D eigenvalue weighted by atomic mass is 10.0. The van der Waals surface area contributed by atoms with Crippen molar-refractivity contribution >= 4 is 62.3 Å². The Morgan fingerprint density at radius 1 is 0.773 bits per heavy atom. The number of nitrogens with one attached hydrogen (secondary N) is 1. The normalized spacial score (nSPS) is 11.9. The summed E-state index contributed by atoms with van der Waals surface area (Å²) in [6.45, 7) is 1.69. The van der Waals surface area contributed by atoms with Gasteiger partial charge in [-0.1, -0.05) is 108 Å². The highest BCUT2D eigenvalue weighted by molar-refractivity contribution is 7.92. The van der Waals surface area contributed by atoms with Crippen LogP contribution in [0.2, 0.25) is 15.1 Å². The molecule has 0 saturated heterocycles. The number of sulfonamides is 1. The topological polar surface area (TPSA) is 86.8 Å². The smallest absolute Gasteiger partial charge is 0.264 e. The lowest BCUT2D eigenvalue weighted by molar-refractivity contribution is -0.140. The maximum absolute atomic E-state index is 14.4. The first-order valence-electron chi connectivity index (χ1n) is 14.0. The molecule has 230 valence electrons. The Hall–Kier alpha value is -3.56. The molecular formula is C33H32Cl3N3O4S. The lowest BCUT2D eigenvalue weighted by Gasteiger charge is -2.34. The molecule has 0 aliphatic heterocycles. The predicted molar refractivity (Wildman–Crippen MR) is 177 cm³/mol. The molecule has 0 spiro atoms. The highest BCUT2D eigenvalue weighted by Crippen LogP contribution is 2.31. The minimum Gasteiger partial charge on any atom is -0.354 e. The van der Waals surface area contributed by atoms with Gasteiger partial charge in [0.25, 0.3) is 10.0 Å². The van der Waals surface area contributed by atoms with Crippen molar-refractivity contribution in [2.45, 2.75) is 37.2 Å². The predicted octanol–water partition coefficient (Wildman–Crippen LogP) is 7.01. The second-order valence-corrected chi connectivity index (χ2v) is 13.1. The first-order valence-corrected chi connectivity index (χ1v) is 16.6. The molecule has 0 aliphatic rings. The third kappa shape index (κ3) is 8.33. The Balaban J connectivity index is 1.81. The van der Waals surface area contributed by atoms with E-state index in [9.17, 15) is 18.0 Å². The zero-order valence-electron chi connectivity index (χ0n) is 24.0. The second-order valence-electron chi connectivity index (χ2n) is 10.0. The SMILES string of the molecule is CCCNC(=O)C(Cc1ccccc1)N(Cc1ccc(Cl)c(Cl)c1)C(=O)CN(c1ccccc1Cl)S(=O)(=O)c1ccccc1. The molecule has 44 heavy (non-hydrogen) atoms. The quantitative estimate of drug-likeness (QED) is 0.166. The molecule has 11 heteroatoms. The average molecular weight is 673 g/mol. The van der Waals surface area contributed by atoms with Crippen LogP contribution in [0.25, 0.3) is 0 Å². The molecule has 0 heterocycles. The summed E-state index contributed by atoms with van der Waals surface area (Å²) in [6, 6.07) is 27.5. The summed E-state index contributed by atoms with van der Waals surface area (Å²) < 4.78 is 29.0. The molecule has 4 rings (SSSR count). The second kappa shape index (κ2) is 15.4. The van der Waals surface area contributed by atoms with Crippen LogP contribution in [0.4, 0.5) is 5.69 Å². The summed E-state index contributed by atoms with van der Waals surface area (Å²) in [6.07, 6.45) is 0.890. The van der Waals surface area contributed by atoms with E-state index in [1.165, 1.54) is 23.1 Å². The van der Waals surface area contributed by atoms with Gasteiger partial charge in [-0.15, -0.1) is 0 Å². The van der Waals surface area contributed by atoms with Gasteiger partial charge in [-0.25, -0.2) is 8.42 Å². The third-order valence-corrected chi connectivity index (χ3v) is 9.72. The number of benzene rings is 4. The number of hydrogen-bond donors (Lipinski definition) is 1. The molecule has 4 aromatic rings. The zero-order chi connectivity index (χ0) is 31.7. The van der Waals surface area contributed by atoms with Crippen LogP contribution >= 0.6 is 34.8 Å². The van der Waals surface area contributed by atoms with Gasteiger partial charge in [0.15, 0.2) is 0 Å². The van der Waals surface area contributed by atoms with Crippen LogP contribution in [0.1, 0.15) is 24.5 Å². The minimum absolute atomic E-state index is 0.00900. The molecule has 0 fully saturated rings. The highest BCUT2D eigenvalue weighted by atomic mass is 35.5. The Morgan fingerprint density at radius 3 is 2.05 bits per heavy atom. The van der Waals surface area contributed by atoms with Gasteiger partial charge in [-0.2, -0.15) is 0 Å². The van der Waals surface area contributed by atoms with Crippen molar-refractivity contribution in [1.29, 1.82) is 0 Å². The van der Waals surface area contributed by atoms with Gasteiger partial charge in [-0.3, -0.25) is 13.9 Å². The van der Waals surface area contributed by atoms with Gasteiger partial charge in [-0.05, 0) is 53.9 Å². The Morgan fingerprint density at radius 2 is 1.41 bits per heavy atom. The third-order valence-electron chi connectivity index (χ3n) is 6.89. The molecule has 0 saturated carbocycles. The van der Waals surface area contributed by atoms with Gasteiger partial charge in [0.2, 0.25) is 11.8 Å². The molecule has 0 bridgehead atoms. The molecule has 4 aromatic carbocycles. The fourth-order valence-corrected chi connectivity index (χ4v) is 6.70. The van der Waals surface area contributed by atoms with E-state index in [2.05, 4.69) is 5.32 Å². The van der Waals surface area contributed by atoms with Crippen molar-refractivity contribution in [1.82, 2.24) is 10.2 Å². The summed E-state index contributed by atoms with van der Waals surface area (Å²) in [5.74, 6) is -0.970. The van der Waals surface area contributed by atoms with Gasteiger partial charge >= 0.3 is 0 Å². The highest BCUT2D eigenvalue weighted by Gasteiger charge is 2.35. The van der Waals surface area contributed by atoms with E-state index in [0.717, 1.165) is 9.87 Å². The summed E-state index contributed by atoms with van der Waals surface area (Å²) in [5, 5.41) is 3.69. The molecular weight excluding hydrogens is 641 g/mol. The van der Waals surface area contributed by atoms with E-state index in [-0.39, 0.29) is 39.5 Å². The standard InChI is InChI=1S/C33H32Cl3N3O4S/c1-2-19-37-33(41)31(21-24-11-5-3-6-12-24)38(22-25-17-18-27(34)29(36)20-25)32(40)23-39(30-16-10-9-15-28(30)35)44(42,43)26-13-7-4-8-14-26/h3-18,20,31H,2,19,21-23H2,1H3,(H,37,41). The fourth-order valence-electron chi connectivity index (χ4n) is 4.64. The van der Waals surface area contributed by atoms with Gasteiger partial charge in [0.05, 0.1) is 25.7 Å². The van der Waals surface area contributed by atoms with Crippen LogP contribution in [-0.4, -0.2) is 44.3 Å². The first-order chi connectivity index (χ1) is 21.1. The van der Waals surface area contributed by atoms with E-state index in [1.807, 2.05) is 37.3 Å². The lowest BCUT2D eigenvalue weighted by Crippen LogP contribution is -2.53. The van der Waals surface area contributed by atoms with E-state index in [1.54, 1.807) is 54.6 Å². The number of anilines is 1. The zero-order valence-corrected chi connectivity index (χ0v) is 27.1. The van der Waals surface area contributed by atoms with E-state index < -0.39 is 28.5 Å². The number of carbonyl (C=O) groups excluding carboxylic acids is 2. The monoisotopic (exact) mass is 671 g/mol. The van der Waals surface area contributed by atoms with Gasteiger partial charge in [0, 0.05) is 19.5 Å². The van der Waals surface area contributed by atoms with Crippen LogP contribution < -0.4 is 9.62 Å². The van der Waals surface area contributed by atoms with Gasteiger partial charge < -0.3 is 10.2 Å². The van der Waals surface area contributed by atoms with Crippen molar-refractivity contribution < 1.29 is 18.0 Å². The maximum atomic E-state index is 14.4. The fraction of sp³-hybridized carbons (Fsp3) is 0.212. The number of halogens is 3. The van der Waals surface area contributed by atoms with Crippen molar-refractivity contribution in [2.24, 2.45) is 0 Å². The molecule has 0 aliphatic carbocycles. The van der Waals surface area contributed by atoms with Crippen LogP contribution in [0.5, 0.6) is 0 Å². The van der Waals surface area contributed by atoms with Crippen LogP contribution in [0.3, 0.4) is 0 Å². The Kier molecular flexibility index (Phi) is 11.7.